The Kier molecular flexibility index (Phi) is 5.59. The number of nitrogens with one attached hydrogen (secondary N) is 1. The molecule has 1 amide bonds. The zero-order valence-electron chi connectivity index (χ0n) is 11.5. The van der Waals surface area contributed by atoms with Crippen LogP contribution < -0.4 is 5.32 Å². The summed E-state index contributed by atoms with van der Waals surface area (Å²) in [6.45, 7) is 7.92. The molecule has 5 heteroatoms. The monoisotopic (exact) mass is 256 g/mol. The Bertz CT molecular complexity index is 305. The minimum Gasteiger partial charge on any atom is -0.480 e. The lowest BCUT2D eigenvalue weighted by Crippen LogP contribution is -2.49. The zero-order valence-corrected chi connectivity index (χ0v) is 11.5. The lowest BCUT2D eigenvalue weighted by molar-refractivity contribution is -0.143. The van der Waals surface area contributed by atoms with Crippen molar-refractivity contribution in [3.63, 3.8) is 0 Å². The van der Waals surface area contributed by atoms with Crippen LogP contribution in [0.2, 0.25) is 0 Å². The number of aliphatic carboxylic acids is 1. The fourth-order valence-corrected chi connectivity index (χ4v) is 2.37. The van der Waals surface area contributed by atoms with Gasteiger partial charge in [0.05, 0.1) is 6.54 Å². The minimum absolute atomic E-state index is 0.105. The number of likely N-dealkylation sites (tertiary alicyclic amines) is 1. The van der Waals surface area contributed by atoms with Crippen LogP contribution in [0.25, 0.3) is 0 Å². The van der Waals surface area contributed by atoms with E-state index in [0.717, 1.165) is 19.5 Å². The van der Waals surface area contributed by atoms with Crippen molar-refractivity contribution in [3.8, 4) is 0 Å². The van der Waals surface area contributed by atoms with Crippen molar-refractivity contribution < 1.29 is 14.7 Å². The topological polar surface area (TPSA) is 69.6 Å². The van der Waals surface area contributed by atoms with Crippen LogP contribution in [0.5, 0.6) is 0 Å². The summed E-state index contributed by atoms with van der Waals surface area (Å²) in [7, 11) is 0. The molecule has 5 nitrogen and oxygen atoms in total. The van der Waals surface area contributed by atoms with E-state index in [1.165, 1.54) is 6.42 Å². The van der Waals surface area contributed by atoms with Gasteiger partial charge in [0.2, 0.25) is 5.91 Å². The number of rotatable bonds is 5. The van der Waals surface area contributed by atoms with Gasteiger partial charge in [-0.3, -0.25) is 9.69 Å². The molecule has 1 aliphatic rings. The van der Waals surface area contributed by atoms with Crippen molar-refractivity contribution in [3.05, 3.63) is 0 Å². The van der Waals surface area contributed by atoms with E-state index in [9.17, 15) is 9.59 Å². The van der Waals surface area contributed by atoms with Crippen LogP contribution in [0.4, 0.5) is 0 Å². The highest BCUT2D eigenvalue weighted by atomic mass is 16.4. The van der Waals surface area contributed by atoms with Gasteiger partial charge in [0.1, 0.15) is 6.04 Å². The number of carbonyl (C=O) groups is 2. The van der Waals surface area contributed by atoms with Crippen molar-refractivity contribution in [2.24, 2.45) is 11.8 Å². The molecule has 0 aromatic carbocycles. The molecule has 1 aliphatic heterocycles. The Balaban J connectivity index is 2.42. The molecule has 2 atom stereocenters. The van der Waals surface area contributed by atoms with Crippen LogP contribution in [0.3, 0.4) is 0 Å². The van der Waals surface area contributed by atoms with Crippen molar-refractivity contribution in [1.29, 1.82) is 0 Å². The highest BCUT2D eigenvalue weighted by Crippen LogP contribution is 2.14. The SMILES string of the molecule is CC1CCCN(CC(=O)NC(C(=O)O)C(C)C)C1. The van der Waals surface area contributed by atoms with Gasteiger partial charge in [0.15, 0.2) is 0 Å². The third-order valence-electron chi connectivity index (χ3n) is 3.36. The molecule has 104 valence electrons. The molecule has 0 aromatic heterocycles. The van der Waals surface area contributed by atoms with Crippen LogP contribution in [-0.2, 0) is 9.59 Å². The summed E-state index contributed by atoms with van der Waals surface area (Å²) in [4.78, 5) is 24.9. The zero-order chi connectivity index (χ0) is 13.7. The number of nitrogens with zero attached hydrogens (tertiary/aromatic N) is 1. The lowest BCUT2D eigenvalue weighted by Gasteiger charge is -2.30. The summed E-state index contributed by atoms with van der Waals surface area (Å²) in [5.74, 6) is -0.644. The Morgan fingerprint density at radius 1 is 1.44 bits per heavy atom. The smallest absolute Gasteiger partial charge is 0.326 e. The summed E-state index contributed by atoms with van der Waals surface area (Å²) >= 11 is 0. The van der Waals surface area contributed by atoms with Gasteiger partial charge in [0, 0.05) is 6.54 Å². The van der Waals surface area contributed by atoms with Gasteiger partial charge in [-0.1, -0.05) is 20.8 Å². The largest absolute Gasteiger partial charge is 0.480 e. The average Bonchev–Trinajstić information content (AvgIpc) is 2.25. The van der Waals surface area contributed by atoms with E-state index in [0.29, 0.717) is 12.5 Å². The lowest BCUT2D eigenvalue weighted by atomic mass is 10.0. The van der Waals surface area contributed by atoms with Crippen molar-refractivity contribution in [2.45, 2.75) is 39.7 Å². The summed E-state index contributed by atoms with van der Waals surface area (Å²) in [5, 5.41) is 11.6. The van der Waals surface area contributed by atoms with Crippen LogP contribution >= 0.6 is 0 Å². The van der Waals surface area contributed by atoms with E-state index < -0.39 is 12.0 Å². The van der Waals surface area contributed by atoms with Crippen LogP contribution in [-0.4, -0.2) is 47.6 Å². The maximum absolute atomic E-state index is 11.8. The third-order valence-corrected chi connectivity index (χ3v) is 3.36. The molecule has 1 rings (SSSR count). The molecule has 0 spiro atoms. The number of carbonyl (C=O) groups excluding carboxylic acids is 1. The number of carboxylic acids is 1. The highest BCUT2D eigenvalue weighted by molar-refractivity contribution is 5.84. The van der Waals surface area contributed by atoms with E-state index in [1.54, 1.807) is 13.8 Å². The number of carboxylic acid groups (broad SMARTS) is 1. The molecule has 1 heterocycles. The Labute approximate surface area is 109 Å². The van der Waals surface area contributed by atoms with Gasteiger partial charge in [-0.15, -0.1) is 0 Å². The normalized spacial score (nSPS) is 22.8. The van der Waals surface area contributed by atoms with Crippen LogP contribution in [0, 0.1) is 11.8 Å². The molecule has 0 radical (unpaired) electrons. The number of hydrogen-bond donors (Lipinski definition) is 2. The fraction of sp³-hybridized carbons (Fsp3) is 0.846. The van der Waals surface area contributed by atoms with Gasteiger partial charge in [-0.05, 0) is 31.2 Å². The summed E-state index contributed by atoms with van der Waals surface area (Å²) in [5.41, 5.74) is 0. The molecule has 2 unspecified atom stereocenters. The maximum atomic E-state index is 11.8. The highest BCUT2D eigenvalue weighted by Gasteiger charge is 2.25. The van der Waals surface area contributed by atoms with Crippen LogP contribution in [0.15, 0.2) is 0 Å². The van der Waals surface area contributed by atoms with Gasteiger partial charge in [-0.25, -0.2) is 4.79 Å². The molecular formula is C13H24N2O3. The van der Waals surface area contributed by atoms with Gasteiger partial charge >= 0.3 is 5.97 Å². The van der Waals surface area contributed by atoms with E-state index in [2.05, 4.69) is 17.1 Å². The van der Waals surface area contributed by atoms with Gasteiger partial charge < -0.3 is 10.4 Å². The molecule has 0 saturated carbocycles. The summed E-state index contributed by atoms with van der Waals surface area (Å²) in [6, 6.07) is -0.792. The Morgan fingerprint density at radius 2 is 2.11 bits per heavy atom. The maximum Gasteiger partial charge on any atom is 0.326 e. The molecule has 0 aromatic rings. The Hall–Kier alpha value is -1.10. The molecule has 0 bridgehead atoms. The Morgan fingerprint density at radius 3 is 2.61 bits per heavy atom. The first-order valence-corrected chi connectivity index (χ1v) is 6.64. The standard InChI is InChI=1S/C13H24N2O3/c1-9(2)12(13(17)18)14-11(16)8-15-6-4-5-10(3)7-15/h9-10,12H,4-8H2,1-3H3,(H,14,16)(H,17,18). The second kappa shape index (κ2) is 6.73. The molecule has 2 N–H and O–H groups in total. The van der Waals surface area contributed by atoms with Crippen molar-refractivity contribution in [1.82, 2.24) is 10.2 Å². The number of hydrogen-bond acceptors (Lipinski definition) is 3. The second-order valence-electron chi connectivity index (χ2n) is 5.61. The molecule has 18 heavy (non-hydrogen) atoms. The first-order valence-electron chi connectivity index (χ1n) is 6.64. The quantitative estimate of drug-likeness (QED) is 0.768. The molecular weight excluding hydrogens is 232 g/mol. The number of piperidine rings is 1. The van der Waals surface area contributed by atoms with E-state index >= 15 is 0 Å². The third kappa shape index (κ3) is 4.64. The van der Waals surface area contributed by atoms with Gasteiger partial charge in [-0.2, -0.15) is 0 Å². The average molecular weight is 256 g/mol. The van der Waals surface area contributed by atoms with Gasteiger partial charge in [0.25, 0.3) is 0 Å². The molecule has 1 fully saturated rings. The first-order chi connectivity index (χ1) is 8.40. The van der Waals surface area contributed by atoms with Crippen LogP contribution in [0.1, 0.15) is 33.6 Å². The predicted octanol–water partition coefficient (Wildman–Crippen LogP) is 0.944. The van der Waals surface area contributed by atoms with E-state index in [1.807, 2.05) is 0 Å². The van der Waals surface area contributed by atoms with Crippen molar-refractivity contribution in [2.75, 3.05) is 19.6 Å². The summed E-state index contributed by atoms with van der Waals surface area (Å²) in [6.07, 6.45) is 2.32. The minimum atomic E-state index is -0.967. The first kappa shape index (κ1) is 15.0. The van der Waals surface area contributed by atoms with Crippen molar-refractivity contribution >= 4 is 11.9 Å². The second-order valence-corrected chi connectivity index (χ2v) is 5.61. The summed E-state index contributed by atoms with van der Waals surface area (Å²) < 4.78 is 0. The number of amides is 1. The predicted molar refractivity (Wildman–Crippen MR) is 69.2 cm³/mol. The molecule has 0 aliphatic carbocycles. The molecule has 1 saturated heterocycles. The van der Waals surface area contributed by atoms with E-state index in [4.69, 9.17) is 5.11 Å². The fourth-order valence-electron chi connectivity index (χ4n) is 2.37. The van der Waals surface area contributed by atoms with E-state index in [-0.39, 0.29) is 11.8 Å².